The zero-order valence-corrected chi connectivity index (χ0v) is 13.9. The summed E-state index contributed by atoms with van der Waals surface area (Å²) in [7, 11) is 0. The van der Waals surface area contributed by atoms with Gasteiger partial charge in [0.05, 0.1) is 12.0 Å². The van der Waals surface area contributed by atoms with Crippen molar-refractivity contribution in [2.24, 2.45) is 11.8 Å². The van der Waals surface area contributed by atoms with Gasteiger partial charge in [0.2, 0.25) is 5.91 Å². The second-order valence-electron chi connectivity index (χ2n) is 6.37. The van der Waals surface area contributed by atoms with Crippen molar-refractivity contribution in [3.05, 3.63) is 71.8 Å². The molecule has 2 aromatic carbocycles. The van der Waals surface area contributed by atoms with Crippen molar-refractivity contribution in [1.82, 2.24) is 4.90 Å². The molecule has 2 amide bonds. The minimum absolute atomic E-state index is 0.156. The van der Waals surface area contributed by atoms with Gasteiger partial charge >= 0.3 is 6.09 Å². The SMILES string of the molecule is CC(C)[C@@H]1C(=O)N(C(=O)OCc2ccccc2)[C@H]1c1ccccc1. The van der Waals surface area contributed by atoms with Crippen LogP contribution in [0.3, 0.4) is 0 Å². The van der Waals surface area contributed by atoms with E-state index in [4.69, 9.17) is 4.74 Å². The first-order valence-corrected chi connectivity index (χ1v) is 8.18. The van der Waals surface area contributed by atoms with Gasteiger partial charge in [-0.3, -0.25) is 4.79 Å². The fourth-order valence-corrected chi connectivity index (χ4v) is 3.16. The number of carbonyl (C=O) groups excluding carboxylic acids is 2. The lowest BCUT2D eigenvalue weighted by Gasteiger charge is -2.46. The molecule has 1 aliphatic rings. The van der Waals surface area contributed by atoms with E-state index in [2.05, 4.69) is 0 Å². The van der Waals surface area contributed by atoms with Crippen molar-refractivity contribution in [2.75, 3.05) is 0 Å². The predicted octanol–water partition coefficient (Wildman–Crippen LogP) is 4.18. The standard InChI is InChI=1S/C20H21NO3/c1-14(2)17-18(16-11-7-4-8-12-16)21(19(17)22)20(23)24-13-15-9-5-3-6-10-15/h3-12,14,17-18H,13H2,1-2H3/t17-,18-/m0/s1. The Balaban J connectivity index is 1.75. The topological polar surface area (TPSA) is 46.6 Å². The van der Waals surface area contributed by atoms with Gasteiger partial charge in [0.1, 0.15) is 6.61 Å². The number of hydrogen-bond acceptors (Lipinski definition) is 3. The monoisotopic (exact) mass is 323 g/mol. The molecule has 1 saturated heterocycles. The highest BCUT2D eigenvalue weighted by Gasteiger charge is 2.53. The zero-order valence-electron chi connectivity index (χ0n) is 13.9. The molecule has 0 aromatic heterocycles. The lowest BCUT2D eigenvalue weighted by molar-refractivity contribution is -0.156. The van der Waals surface area contributed by atoms with E-state index in [0.29, 0.717) is 0 Å². The van der Waals surface area contributed by atoms with Crippen LogP contribution in [0.25, 0.3) is 0 Å². The maximum absolute atomic E-state index is 12.5. The molecule has 2 atom stereocenters. The van der Waals surface area contributed by atoms with Crippen LogP contribution < -0.4 is 0 Å². The molecule has 1 heterocycles. The second-order valence-corrected chi connectivity index (χ2v) is 6.37. The Morgan fingerprint density at radius 2 is 1.62 bits per heavy atom. The fraction of sp³-hybridized carbons (Fsp3) is 0.300. The van der Waals surface area contributed by atoms with Crippen molar-refractivity contribution in [1.29, 1.82) is 0 Å². The third kappa shape index (κ3) is 3.04. The highest BCUT2D eigenvalue weighted by atomic mass is 16.6. The van der Waals surface area contributed by atoms with Crippen molar-refractivity contribution in [2.45, 2.75) is 26.5 Å². The van der Waals surface area contributed by atoms with Crippen LogP contribution in [0, 0.1) is 11.8 Å². The van der Waals surface area contributed by atoms with E-state index in [1.807, 2.05) is 74.5 Å². The largest absolute Gasteiger partial charge is 0.444 e. The quantitative estimate of drug-likeness (QED) is 0.793. The Morgan fingerprint density at radius 3 is 2.21 bits per heavy atom. The number of amides is 2. The molecule has 0 unspecified atom stereocenters. The number of likely N-dealkylation sites (tertiary alicyclic amines) is 1. The van der Waals surface area contributed by atoms with E-state index in [9.17, 15) is 9.59 Å². The first kappa shape index (κ1) is 16.2. The normalized spacial score (nSPS) is 20.0. The van der Waals surface area contributed by atoms with Crippen LogP contribution >= 0.6 is 0 Å². The molecule has 0 radical (unpaired) electrons. The molecule has 0 saturated carbocycles. The molecule has 0 spiro atoms. The number of rotatable bonds is 4. The predicted molar refractivity (Wildman–Crippen MR) is 91.0 cm³/mol. The van der Waals surface area contributed by atoms with Crippen LogP contribution in [0.15, 0.2) is 60.7 Å². The van der Waals surface area contributed by atoms with E-state index in [0.717, 1.165) is 11.1 Å². The number of ether oxygens (including phenoxy) is 1. The summed E-state index contributed by atoms with van der Waals surface area (Å²) in [6.07, 6.45) is -0.574. The van der Waals surface area contributed by atoms with Crippen LogP contribution in [0.1, 0.15) is 31.0 Å². The zero-order chi connectivity index (χ0) is 17.1. The van der Waals surface area contributed by atoms with Crippen molar-refractivity contribution >= 4 is 12.0 Å². The van der Waals surface area contributed by atoms with Gasteiger partial charge in [-0.25, -0.2) is 9.69 Å². The Morgan fingerprint density at radius 1 is 1.04 bits per heavy atom. The fourth-order valence-electron chi connectivity index (χ4n) is 3.16. The van der Waals surface area contributed by atoms with Gasteiger partial charge in [-0.2, -0.15) is 0 Å². The molecular formula is C20H21NO3. The van der Waals surface area contributed by atoms with Crippen molar-refractivity contribution < 1.29 is 14.3 Å². The average molecular weight is 323 g/mol. The van der Waals surface area contributed by atoms with Gasteiger partial charge in [0.25, 0.3) is 0 Å². The summed E-state index contributed by atoms with van der Waals surface area (Å²) < 4.78 is 5.35. The van der Waals surface area contributed by atoms with Crippen LogP contribution in [-0.4, -0.2) is 16.9 Å². The third-order valence-electron chi connectivity index (χ3n) is 4.40. The highest BCUT2D eigenvalue weighted by molar-refractivity contribution is 5.99. The summed E-state index contributed by atoms with van der Waals surface area (Å²) >= 11 is 0. The molecule has 1 aliphatic heterocycles. The van der Waals surface area contributed by atoms with Crippen LogP contribution in [0.2, 0.25) is 0 Å². The van der Waals surface area contributed by atoms with Gasteiger partial charge in [-0.15, -0.1) is 0 Å². The summed E-state index contributed by atoms with van der Waals surface area (Å²) in [6.45, 7) is 4.17. The maximum atomic E-state index is 12.5. The summed E-state index contributed by atoms with van der Waals surface area (Å²) in [5.41, 5.74) is 1.86. The van der Waals surface area contributed by atoms with Gasteiger partial charge in [-0.1, -0.05) is 74.5 Å². The lowest BCUT2D eigenvalue weighted by atomic mass is 9.76. The van der Waals surface area contributed by atoms with Crippen LogP contribution in [0.5, 0.6) is 0 Å². The average Bonchev–Trinajstić information content (AvgIpc) is 2.59. The molecule has 0 aliphatic carbocycles. The van der Waals surface area contributed by atoms with E-state index < -0.39 is 6.09 Å². The van der Waals surface area contributed by atoms with Gasteiger partial charge in [0, 0.05) is 0 Å². The molecular weight excluding hydrogens is 302 g/mol. The molecule has 4 nitrogen and oxygen atoms in total. The number of carbonyl (C=O) groups is 2. The maximum Gasteiger partial charge on any atom is 0.417 e. The molecule has 1 fully saturated rings. The van der Waals surface area contributed by atoms with Crippen LogP contribution in [-0.2, 0) is 16.1 Å². The molecule has 124 valence electrons. The molecule has 2 aromatic rings. The number of benzene rings is 2. The van der Waals surface area contributed by atoms with E-state index in [1.54, 1.807) is 0 Å². The highest BCUT2D eigenvalue weighted by Crippen LogP contribution is 2.44. The van der Waals surface area contributed by atoms with E-state index in [1.165, 1.54) is 4.90 Å². The summed E-state index contributed by atoms with van der Waals surface area (Å²) in [5.74, 6) is -0.172. The number of hydrogen-bond donors (Lipinski definition) is 0. The Bertz CT molecular complexity index is 712. The molecule has 0 N–H and O–H groups in total. The Kier molecular flexibility index (Phi) is 4.65. The Labute approximate surface area is 142 Å². The van der Waals surface area contributed by atoms with Crippen molar-refractivity contribution in [3.8, 4) is 0 Å². The summed E-state index contributed by atoms with van der Waals surface area (Å²) in [6, 6.07) is 18.9. The first-order valence-electron chi connectivity index (χ1n) is 8.18. The molecule has 0 bridgehead atoms. The van der Waals surface area contributed by atoms with Gasteiger partial charge in [0.15, 0.2) is 0 Å². The second kappa shape index (κ2) is 6.87. The first-order chi connectivity index (χ1) is 11.6. The van der Waals surface area contributed by atoms with E-state index >= 15 is 0 Å². The number of nitrogens with zero attached hydrogens (tertiary/aromatic N) is 1. The van der Waals surface area contributed by atoms with E-state index in [-0.39, 0.29) is 30.4 Å². The van der Waals surface area contributed by atoms with Crippen LogP contribution in [0.4, 0.5) is 4.79 Å². The minimum Gasteiger partial charge on any atom is -0.444 e. The summed E-state index contributed by atoms with van der Waals surface area (Å²) in [5, 5.41) is 0. The Hall–Kier alpha value is -2.62. The summed E-state index contributed by atoms with van der Waals surface area (Å²) in [4.78, 5) is 26.2. The number of β-lactam (4-membered cyclic amide) rings is 1. The van der Waals surface area contributed by atoms with Crippen molar-refractivity contribution in [3.63, 3.8) is 0 Å². The molecule has 3 rings (SSSR count). The number of imide groups is 1. The molecule has 24 heavy (non-hydrogen) atoms. The van der Waals surface area contributed by atoms with Gasteiger partial charge in [-0.05, 0) is 17.0 Å². The molecule has 4 heteroatoms. The third-order valence-corrected chi connectivity index (χ3v) is 4.40. The minimum atomic E-state index is -0.574. The van der Waals surface area contributed by atoms with Gasteiger partial charge < -0.3 is 4.74 Å². The smallest absolute Gasteiger partial charge is 0.417 e. The lowest BCUT2D eigenvalue weighted by Crippen LogP contribution is -2.59.